The zero-order valence-electron chi connectivity index (χ0n) is 19.7. The minimum Gasteiger partial charge on any atom is -0.493 e. The van der Waals surface area contributed by atoms with E-state index in [1.807, 2.05) is 13.8 Å². The predicted molar refractivity (Wildman–Crippen MR) is 128 cm³/mol. The molecule has 0 N–H and O–H groups in total. The second kappa shape index (κ2) is 12.1. The lowest BCUT2D eigenvalue weighted by atomic mass is 9.77. The summed E-state index contributed by atoms with van der Waals surface area (Å²) in [4.78, 5) is 0. The van der Waals surface area contributed by atoms with Gasteiger partial charge in [0, 0.05) is 0 Å². The van der Waals surface area contributed by atoms with E-state index in [0.29, 0.717) is 0 Å². The summed E-state index contributed by atoms with van der Waals surface area (Å²) in [7, 11) is 0. The summed E-state index contributed by atoms with van der Waals surface area (Å²) in [6, 6.07) is 13.7. The average Bonchev–Trinajstić information content (AvgIpc) is 2.77. The molecule has 160 valence electrons. The smallest absolute Gasteiger partial charge is 0.122 e. The fourth-order valence-electron chi connectivity index (χ4n) is 4.60. The number of rotatable bonds is 7. The Hall–Kier alpha value is -1.76. The van der Waals surface area contributed by atoms with Crippen LogP contribution in [0.15, 0.2) is 36.4 Å². The summed E-state index contributed by atoms with van der Waals surface area (Å²) in [5.41, 5.74) is 6.78. The van der Waals surface area contributed by atoms with E-state index in [1.165, 1.54) is 66.3 Å². The highest BCUT2D eigenvalue weighted by molar-refractivity contribution is 5.70. The number of hydrogen-bond donors (Lipinski definition) is 0. The van der Waals surface area contributed by atoms with Crippen molar-refractivity contribution in [2.45, 2.75) is 92.4 Å². The van der Waals surface area contributed by atoms with Gasteiger partial charge in [0.1, 0.15) is 5.75 Å². The molecule has 1 fully saturated rings. The van der Waals surface area contributed by atoms with Crippen LogP contribution in [0.4, 0.5) is 0 Å². The zero-order chi connectivity index (χ0) is 21.2. The third-order valence-corrected chi connectivity index (χ3v) is 6.44. The van der Waals surface area contributed by atoms with E-state index in [1.54, 1.807) is 0 Å². The topological polar surface area (TPSA) is 9.23 Å². The maximum Gasteiger partial charge on any atom is 0.122 e. The summed E-state index contributed by atoms with van der Waals surface area (Å²) in [5.74, 6) is 2.77. The van der Waals surface area contributed by atoms with Crippen LogP contribution in [-0.2, 0) is 0 Å². The molecule has 0 aromatic heterocycles. The Morgan fingerprint density at radius 1 is 0.793 bits per heavy atom. The summed E-state index contributed by atoms with van der Waals surface area (Å²) < 4.78 is 5.88. The van der Waals surface area contributed by atoms with E-state index in [-0.39, 0.29) is 0 Å². The van der Waals surface area contributed by atoms with Crippen LogP contribution < -0.4 is 4.74 Å². The minimum absolute atomic E-state index is 0.764. The first-order chi connectivity index (χ1) is 14.1. The van der Waals surface area contributed by atoms with Gasteiger partial charge in [0.15, 0.2) is 0 Å². The van der Waals surface area contributed by atoms with Crippen LogP contribution in [0, 0.1) is 19.8 Å². The van der Waals surface area contributed by atoms with E-state index < -0.39 is 0 Å². The van der Waals surface area contributed by atoms with Crippen LogP contribution in [0.5, 0.6) is 5.75 Å². The number of hydrogen-bond acceptors (Lipinski definition) is 1. The van der Waals surface area contributed by atoms with Gasteiger partial charge in [-0.25, -0.2) is 0 Å². The third kappa shape index (κ3) is 6.11. The summed E-state index contributed by atoms with van der Waals surface area (Å²) in [6.45, 7) is 13.6. The van der Waals surface area contributed by atoms with Gasteiger partial charge in [-0.2, -0.15) is 0 Å². The van der Waals surface area contributed by atoms with E-state index in [0.717, 1.165) is 30.6 Å². The summed E-state index contributed by atoms with van der Waals surface area (Å²) in [5, 5.41) is 0. The molecule has 2 aromatic rings. The Morgan fingerprint density at radius 2 is 1.45 bits per heavy atom. The van der Waals surface area contributed by atoms with E-state index >= 15 is 0 Å². The molecule has 0 heterocycles. The molecule has 0 saturated heterocycles. The molecular formula is C28H42O. The van der Waals surface area contributed by atoms with Gasteiger partial charge < -0.3 is 4.74 Å². The van der Waals surface area contributed by atoms with Crippen molar-refractivity contribution in [1.82, 2.24) is 0 Å². The highest BCUT2D eigenvalue weighted by Crippen LogP contribution is 2.38. The Morgan fingerprint density at radius 3 is 2.03 bits per heavy atom. The quantitative estimate of drug-likeness (QED) is 0.455. The van der Waals surface area contributed by atoms with Crippen LogP contribution >= 0.6 is 0 Å². The molecule has 0 bridgehead atoms. The van der Waals surface area contributed by atoms with Crippen LogP contribution in [-0.4, -0.2) is 6.61 Å². The lowest BCUT2D eigenvalue weighted by Crippen LogP contribution is -2.13. The van der Waals surface area contributed by atoms with Crippen molar-refractivity contribution in [2.75, 3.05) is 6.61 Å². The van der Waals surface area contributed by atoms with Crippen LogP contribution in [0.2, 0.25) is 0 Å². The number of ether oxygens (including phenoxy) is 1. The predicted octanol–water partition coefficient (Wildman–Crippen LogP) is 8.86. The fraction of sp³-hybridized carbons (Fsp3) is 0.571. The van der Waals surface area contributed by atoms with Crippen LogP contribution in [0.1, 0.15) is 95.2 Å². The zero-order valence-corrected chi connectivity index (χ0v) is 19.7. The molecular weight excluding hydrogens is 352 g/mol. The van der Waals surface area contributed by atoms with Gasteiger partial charge in [0.25, 0.3) is 0 Å². The molecule has 0 atom stereocenters. The highest BCUT2D eigenvalue weighted by atomic mass is 16.5. The summed E-state index contributed by atoms with van der Waals surface area (Å²) >= 11 is 0. The third-order valence-electron chi connectivity index (χ3n) is 6.44. The van der Waals surface area contributed by atoms with Crippen molar-refractivity contribution in [3.8, 4) is 16.9 Å². The molecule has 0 aliphatic heterocycles. The van der Waals surface area contributed by atoms with Crippen molar-refractivity contribution >= 4 is 0 Å². The molecule has 1 aliphatic carbocycles. The lowest BCUT2D eigenvalue weighted by molar-refractivity contribution is 0.308. The lowest BCUT2D eigenvalue weighted by Gasteiger charge is -2.28. The SMILES string of the molecule is CC.CCCOc1ccc(-c2ccc(C3CCC(CCC)CC3)cc2)c(C)c1C. The van der Waals surface area contributed by atoms with Gasteiger partial charge in [-0.05, 0) is 91.7 Å². The normalized spacial score (nSPS) is 18.7. The summed E-state index contributed by atoms with van der Waals surface area (Å²) in [6.07, 6.45) is 9.36. The van der Waals surface area contributed by atoms with E-state index in [2.05, 4.69) is 64.1 Å². The van der Waals surface area contributed by atoms with Gasteiger partial charge >= 0.3 is 0 Å². The molecule has 0 unspecified atom stereocenters. The Bertz CT molecular complexity index is 721. The van der Waals surface area contributed by atoms with Gasteiger partial charge in [-0.3, -0.25) is 0 Å². The Labute approximate surface area is 179 Å². The molecule has 1 heteroatoms. The monoisotopic (exact) mass is 394 g/mol. The second-order valence-electron chi connectivity index (χ2n) is 8.34. The molecule has 1 nitrogen and oxygen atoms in total. The standard InChI is InChI=1S/C26H36O.C2H6/c1-5-7-21-8-10-22(11-9-21)23-12-14-24(15-13-23)25-16-17-26(27-18-6-2)20(4)19(25)3;1-2/h12-17,21-22H,5-11,18H2,1-4H3;1-2H3. The van der Waals surface area contributed by atoms with Crippen molar-refractivity contribution in [3.05, 3.63) is 53.1 Å². The molecule has 0 radical (unpaired) electrons. The molecule has 0 amide bonds. The molecule has 0 spiro atoms. The molecule has 1 saturated carbocycles. The fourth-order valence-corrected chi connectivity index (χ4v) is 4.60. The second-order valence-corrected chi connectivity index (χ2v) is 8.34. The van der Waals surface area contributed by atoms with E-state index in [9.17, 15) is 0 Å². The molecule has 2 aromatic carbocycles. The van der Waals surface area contributed by atoms with Gasteiger partial charge in [0.05, 0.1) is 6.61 Å². The molecule has 1 aliphatic rings. The van der Waals surface area contributed by atoms with Crippen LogP contribution in [0.3, 0.4) is 0 Å². The highest BCUT2D eigenvalue weighted by Gasteiger charge is 2.21. The van der Waals surface area contributed by atoms with Gasteiger partial charge in [-0.15, -0.1) is 0 Å². The first-order valence-corrected chi connectivity index (χ1v) is 12.0. The Kier molecular flexibility index (Phi) is 9.78. The minimum atomic E-state index is 0.764. The molecule has 29 heavy (non-hydrogen) atoms. The van der Waals surface area contributed by atoms with Crippen molar-refractivity contribution < 1.29 is 4.74 Å². The average molecular weight is 395 g/mol. The first-order valence-electron chi connectivity index (χ1n) is 12.0. The number of benzene rings is 2. The Balaban J connectivity index is 0.00000145. The maximum absolute atomic E-state index is 5.88. The van der Waals surface area contributed by atoms with E-state index in [4.69, 9.17) is 4.74 Å². The molecule has 3 rings (SSSR count). The van der Waals surface area contributed by atoms with Gasteiger partial charge in [-0.1, -0.05) is 70.9 Å². The van der Waals surface area contributed by atoms with Crippen molar-refractivity contribution in [3.63, 3.8) is 0 Å². The van der Waals surface area contributed by atoms with Crippen molar-refractivity contribution in [2.24, 2.45) is 5.92 Å². The van der Waals surface area contributed by atoms with Crippen LogP contribution in [0.25, 0.3) is 11.1 Å². The van der Waals surface area contributed by atoms with Gasteiger partial charge in [0.2, 0.25) is 0 Å². The van der Waals surface area contributed by atoms with Crippen molar-refractivity contribution in [1.29, 1.82) is 0 Å². The first kappa shape index (κ1) is 23.5. The largest absolute Gasteiger partial charge is 0.493 e. The maximum atomic E-state index is 5.88.